The van der Waals surface area contributed by atoms with E-state index in [1.54, 1.807) is 12.1 Å². The van der Waals surface area contributed by atoms with Crippen molar-refractivity contribution in [1.29, 1.82) is 0 Å². The molecule has 3 N–H and O–H groups in total. The zero-order chi connectivity index (χ0) is 25.9. The number of aromatic nitrogens is 3. The van der Waals surface area contributed by atoms with Gasteiger partial charge in [-0.25, -0.2) is 14.8 Å². The average Bonchev–Trinajstić information content (AvgIpc) is 3.38. The Morgan fingerprint density at radius 3 is 2.42 bits per heavy atom. The van der Waals surface area contributed by atoms with Crippen molar-refractivity contribution in [3.8, 4) is 11.4 Å². The number of nitrogens with two attached hydrogens (primary N) is 1. The van der Waals surface area contributed by atoms with E-state index in [9.17, 15) is 4.79 Å². The number of morpholine rings is 1. The molecule has 38 heavy (non-hydrogen) atoms. The second-order valence-electron chi connectivity index (χ2n) is 9.82. The summed E-state index contributed by atoms with van der Waals surface area (Å²) in [5, 5.41) is 7.14. The Morgan fingerprint density at radius 1 is 0.974 bits per heavy atom. The average molecular weight is 514 g/mol. The zero-order valence-electron chi connectivity index (χ0n) is 21.2. The van der Waals surface area contributed by atoms with E-state index >= 15 is 0 Å². The molecule has 2 aliphatic heterocycles. The number of likely N-dealkylation sites (tertiary alicyclic amines) is 1. The molecule has 0 bridgehead atoms. The number of urea groups is 1. The number of benzene rings is 2. The van der Waals surface area contributed by atoms with Crippen LogP contribution in [-0.2, 0) is 11.3 Å². The minimum Gasteiger partial charge on any atom is -0.378 e. The summed E-state index contributed by atoms with van der Waals surface area (Å²) in [6.45, 7) is 5.67. The molecule has 0 saturated carbocycles. The standard InChI is InChI=1S/C28H31N7O3/c29-28(36)30-22-8-6-21(7-9-22)26-31-24-23(33-38-25(24)27(32-26)35-14-16-37-17-15-35)20-10-12-34(13-11-20)18-19-4-2-1-3-5-19/h1-9,20H,10-18H2,(H3,29,30,36). The Labute approximate surface area is 220 Å². The van der Waals surface area contributed by atoms with Gasteiger partial charge in [0.2, 0.25) is 5.58 Å². The number of ether oxygens (including phenoxy) is 1. The molecule has 10 nitrogen and oxygen atoms in total. The minimum absolute atomic E-state index is 0.269. The largest absolute Gasteiger partial charge is 0.378 e. The molecule has 10 heteroatoms. The van der Waals surface area contributed by atoms with Crippen LogP contribution in [-0.4, -0.2) is 65.4 Å². The van der Waals surface area contributed by atoms with E-state index in [2.05, 4.69) is 50.6 Å². The fourth-order valence-corrected chi connectivity index (χ4v) is 5.27. The summed E-state index contributed by atoms with van der Waals surface area (Å²) in [6, 6.07) is 17.3. The van der Waals surface area contributed by atoms with Gasteiger partial charge in [-0.05, 0) is 55.8 Å². The van der Waals surface area contributed by atoms with E-state index < -0.39 is 6.03 Å². The Kier molecular flexibility index (Phi) is 6.89. The fourth-order valence-electron chi connectivity index (χ4n) is 5.27. The van der Waals surface area contributed by atoms with Gasteiger partial charge in [-0.3, -0.25) is 4.90 Å². The number of primary amides is 1. The van der Waals surface area contributed by atoms with Gasteiger partial charge >= 0.3 is 6.03 Å². The molecular formula is C28H31N7O3. The van der Waals surface area contributed by atoms with Crippen LogP contribution in [0.1, 0.15) is 30.0 Å². The monoisotopic (exact) mass is 513 g/mol. The number of amides is 2. The van der Waals surface area contributed by atoms with E-state index in [-0.39, 0.29) is 5.92 Å². The Hall–Kier alpha value is -4.02. The smallest absolute Gasteiger partial charge is 0.316 e. The molecule has 0 aliphatic carbocycles. The number of hydrogen-bond acceptors (Lipinski definition) is 8. The van der Waals surface area contributed by atoms with Crippen molar-refractivity contribution >= 4 is 28.6 Å². The van der Waals surface area contributed by atoms with Crippen molar-refractivity contribution < 1.29 is 14.1 Å². The highest BCUT2D eigenvalue weighted by molar-refractivity contribution is 5.89. The van der Waals surface area contributed by atoms with Crippen LogP contribution in [0.3, 0.4) is 0 Å². The summed E-state index contributed by atoms with van der Waals surface area (Å²) in [4.78, 5) is 25.8. The van der Waals surface area contributed by atoms with Crippen molar-refractivity contribution in [2.75, 3.05) is 49.6 Å². The molecule has 4 aromatic rings. The molecule has 6 rings (SSSR count). The van der Waals surface area contributed by atoms with E-state index in [0.29, 0.717) is 30.3 Å². The van der Waals surface area contributed by atoms with E-state index in [0.717, 1.165) is 68.2 Å². The first-order valence-electron chi connectivity index (χ1n) is 13.1. The number of hydrogen-bond donors (Lipinski definition) is 2. The van der Waals surface area contributed by atoms with Crippen LogP contribution in [0.5, 0.6) is 0 Å². The molecular weight excluding hydrogens is 482 g/mol. The van der Waals surface area contributed by atoms with Crippen LogP contribution in [0.25, 0.3) is 22.5 Å². The number of piperidine rings is 1. The van der Waals surface area contributed by atoms with Crippen molar-refractivity contribution in [3.05, 3.63) is 65.9 Å². The lowest BCUT2D eigenvalue weighted by Gasteiger charge is -2.31. The highest BCUT2D eigenvalue weighted by Gasteiger charge is 2.29. The van der Waals surface area contributed by atoms with Gasteiger partial charge < -0.3 is 25.2 Å². The van der Waals surface area contributed by atoms with Crippen LogP contribution in [0.15, 0.2) is 59.1 Å². The Balaban J connectivity index is 1.30. The predicted molar refractivity (Wildman–Crippen MR) is 145 cm³/mol. The van der Waals surface area contributed by atoms with Gasteiger partial charge in [0.1, 0.15) is 11.2 Å². The number of nitrogens with one attached hydrogen (secondary N) is 1. The highest BCUT2D eigenvalue weighted by Crippen LogP contribution is 2.36. The molecule has 2 aliphatic rings. The van der Waals surface area contributed by atoms with Crippen molar-refractivity contribution in [1.82, 2.24) is 20.0 Å². The van der Waals surface area contributed by atoms with E-state index in [1.807, 2.05) is 12.1 Å². The van der Waals surface area contributed by atoms with E-state index in [4.69, 9.17) is 25.0 Å². The quantitative estimate of drug-likeness (QED) is 0.397. The van der Waals surface area contributed by atoms with Crippen LogP contribution >= 0.6 is 0 Å². The second-order valence-corrected chi connectivity index (χ2v) is 9.82. The highest BCUT2D eigenvalue weighted by atomic mass is 16.5. The lowest BCUT2D eigenvalue weighted by molar-refractivity contribution is 0.122. The first kappa shape index (κ1) is 24.3. The summed E-state index contributed by atoms with van der Waals surface area (Å²) >= 11 is 0. The lowest BCUT2D eigenvalue weighted by Crippen LogP contribution is -2.37. The summed E-state index contributed by atoms with van der Waals surface area (Å²) in [5.41, 5.74) is 10.3. The van der Waals surface area contributed by atoms with Crippen LogP contribution in [0.2, 0.25) is 0 Å². The maximum Gasteiger partial charge on any atom is 0.316 e. The molecule has 2 aromatic carbocycles. The number of fused-ring (bicyclic) bond motifs is 1. The molecule has 196 valence electrons. The van der Waals surface area contributed by atoms with Crippen LogP contribution in [0.4, 0.5) is 16.3 Å². The topological polar surface area (TPSA) is 123 Å². The van der Waals surface area contributed by atoms with Gasteiger partial charge in [-0.2, -0.15) is 0 Å². The summed E-state index contributed by atoms with van der Waals surface area (Å²) in [5.74, 6) is 1.61. The summed E-state index contributed by atoms with van der Waals surface area (Å²) in [7, 11) is 0. The molecule has 0 radical (unpaired) electrons. The SMILES string of the molecule is NC(=O)Nc1ccc(-c2nc(N3CCOCC3)c3onc(C4CCN(Cc5ccccc5)CC4)c3n2)cc1. The van der Waals surface area contributed by atoms with Crippen molar-refractivity contribution in [2.24, 2.45) is 5.73 Å². The number of rotatable bonds is 6. The third-order valence-corrected chi connectivity index (χ3v) is 7.27. The second kappa shape index (κ2) is 10.8. The molecule has 0 unspecified atom stereocenters. The predicted octanol–water partition coefficient (Wildman–Crippen LogP) is 3.99. The third-order valence-electron chi connectivity index (χ3n) is 7.27. The molecule has 2 fully saturated rings. The first-order valence-corrected chi connectivity index (χ1v) is 13.1. The van der Waals surface area contributed by atoms with Gasteiger partial charge in [-0.15, -0.1) is 0 Å². The van der Waals surface area contributed by atoms with Gasteiger partial charge in [0.05, 0.1) is 13.2 Å². The number of nitrogens with zero attached hydrogens (tertiary/aromatic N) is 5. The molecule has 2 aromatic heterocycles. The molecule has 2 amide bonds. The summed E-state index contributed by atoms with van der Waals surface area (Å²) < 4.78 is 11.5. The number of carbonyl (C=O) groups is 1. The number of anilines is 2. The van der Waals surface area contributed by atoms with Gasteiger partial charge in [0, 0.05) is 36.8 Å². The fraction of sp³-hybridized carbons (Fsp3) is 0.357. The maximum atomic E-state index is 11.2. The van der Waals surface area contributed by atoms with Crippen molar-refractivity contribution in [3.63, 3.8) is 0 Å². The molecule has 0 atom stereocenters. The zero-order valence-corrected chi connectivity index (χ0v) is 21.2. The van der Waals surface area contributed by atoms with E-state index in [1.165, 1.54) is 5.56 Å². The maximum absolute atomic E-state index is 11.2. The number of carbonyl (C=O) groups excluding carboxylic acids is 1. The van der Waals surface area contributed by atoms with Crippen molar-refractivity contribution in [2.45, 2.75) is 25.3 Å². The third kappa shape index (κ3) is 5.18. The summed E-state index contributed by atoms with van der Waals surface area (Å²) in [6.07, 6.45) is 1.99. The molecule has 0 spiro atoms. The normalized spacial score (nSPS) is 17.1. The lowest BCUT2D eigenvalue weighted by atomic mass is 9.92. The van der Waals surface area contributed by atoms with Gasteiger partial charge in [0.15, 0.2) is 11.6 Å². The molecule has 4 heterocycles. The van der Waals surface area contributed by atoms with Crippen LogP contribution < -0.4 is 16.0 Å². The Bertz CT molecular complexity index is 1390. The molecule has 2 saturated heterocycles. The Morgan fingerprint density at radius 2 is 1.71 bits per heavy atom. The first-order chi connectivity index (χ1) is 18.6. The van der Waals surface area contributed by atoms with Gasteiger partial charge in [-0.1, -0.05) is 35.5 Å². The van der Waals surface area contributed by atoms with Crippen LogP contribution in [0, 0.1) is 0 Å². The van der Waals surface area contributed by atoms with Gasteiger partial charge in [0.25, 0.3) is 0 Å². The minimum atomic E-state index is -0.603.